The van der Waals surface area contributed by atoms with Crippen LogP contribution in [0.4, 0.5) is 0 Å². The molecule has 1 unspecified atom stereocenters. The van der Waals surface area contributed by atoms with Gasteiger partial charge in [0, 0.05) is 17.4 Å². The fourth-order valence-corrected chi connectivity index (χ4v) is 3.77. The molecule has 1 aromatic heterocycles. The first kappa shape index (κ1) is 18.1. The number of carbonyl (C=O) groups excluding carboxylic acids is 1. The molecule has 3 aromatic carbocycles. The van der Waals surface area contributed by atoms with Gasteiger partial charge < -0.3 is 4.42 Å². The summed E-state index contributed by atoms with van der Waals surface area (Å²) in [6.45, 7) is 0. The quantitative estimate of drug-likeness (QED) is 0.470. The number of benzene rings is 3. The minimum Gasteiger partial charge on any atom is -0.422 e. The Labute approximate surface area is 172 Å². The Morgan fingerprint density at radius 3 is 2.33 bits per heavy atom. The van der Waals surface area contributed by atoms with E-state index in [0.717, 1.165) is 10.9 Å². The van der Waals surface area contributed by atoms with Crippen molar-refractivity contribution in [3.05, 3.63) is 118 Å². The number of rotatable bonds is 3. The Morgan fingerprint density at radius 2 is 1.57 bits per heavy atom. The predicted octanol–water partition coefficient (Wildman–Crippen LogP) is 4.78. The Kier molecular flexibility index (Phi) is 4.48. The van der Waals surface area contributed by atoms with E-state index in [0.29, 0.717) is 28.8 Å². The Hall–Kier alpha value is -3.99. The van der Waals surface area contributed by atoms with Crippen LogP contribution in [0.15, 0.2) is 105 Å². The molecule has 1 aliphatic heterocycles. The van der Waals surface area contributed by atoms with Gasteiger partial charge in [-0.3, -0.25) is 4.79 Å². The van der Waals surface area contributed by atoms with E-state index in [1.807, 2.05) is 66.7 Å². The summed E-state index contributed by atoms with van der Waals surface area (Å²) in [5.41, 5.74) is 2.53. The Morgan fingerprint density at radius 1 is 0.900 bits per heavy atom. The first-order chi connectivity index (χ1) is 14.7. The summed E-state index contributed by atoms with van der Waals surface area (Å²) in [7, 11) is 0. The van der Waals surface area contributed by atoms with Crippen LogP contribution in [0.3, 0.4) is 0 Å². The molecule has 2 heterocycles. The van der Waals surface area contributed by atoms with Crippen molar-refractivity contribution in [1.29, 1.82) is 0 Å². The van der Waals surface area contributed by atoms with Crippen molar-refractivity contribution >= 4 is 22.6 Å². The highest BCUT2D eigenvalue weighted by atomic mass is 16.4. The van der Waals surface area contributed by atoms with Crippen LogP contribution in [0.25, 0.3) is 11.0 Å². The summed E-state index contributed by atoms with van der Waals surface area (Å²) in [6.07, 6.45) is 0.436. The van der Waals surface area contributed by atoms with Crippen LogP contribution in [0.1, 0.15) is 33.9 Å². The van der Waals surface area contributed by atoms with E-state index in [1.165, 1.54) is 5.01 Å². The third-order valence-electron chi connectivity index (χ3n) is 5.28. The normalized spacial score (nSPS) is 15.9. The maximum Gasteiger partial charge on any atom is 0.345 e. The van der Waals surface area contributed by atoms with Gasteiger partial charge in [0.1, 0.15) is 5.58 Å². The molecule has 0 N–H and O–H groups in total. The summed E-state index contributed by atoms with van der Waals surface area (Å²) >= 11 is 0. The molecule has 0 bridgehead atoms. The van der Waals surface area contributed by atoms with Crippen molar-refractivity contribution < 1.29 is 9.21 Å². The number of hydrogen-bond donors (Lipinski definition) is 0. The topological polar surface area (TPSA) is 62.9 Å². The lowest BCUT2D eigenvalue weighted by atomic mass is 9.98. The van der Waals surface area contributed by atoms with Crippen molar-refractivity contribution in [1.82, 2.24) is 5.01 Å². The molecule has 5 heteroatoms. The predicted molar refractivity (Wildman–Crippen MR) is 115 cm³/mol. The van der Waals surface area contributed by atoms with Gasteiger partial charge in [-0.15, -0.1) is 0 Å². The maximum absolute atomic E-state index is 13.2. The van der Waals surface area contributed by atoms with Gasteiger partial charge >= 0.3 is 5.63 Å². The van der Waals surface area contributed by atoms with Gasteiger partial charge in [-0.1, -0.05) is 66.7 Å². The number of hydrogen-bond acceptors (Lipinski definition) is 4. The van der Waals surface area contributed by atoms with E-state index >= 15 is 0 Å². The lowest BCUT2D eigenvalue weighted by Gasteiger charge is -2.22. The van der Waals surface area contributed by atoms with E-state index < -0.39 is 5.63 Å². The zero-order valence-electron chi connectivity index (χ0n) is 16.1. The molecule has 1 aliphatic rings. The highest BCUT2D eigenvalue weighted by Crippen LogP contribution is 2.33. The summed E-state index contributed by atoms with van der Waals surface area (Å²) in [5.74, 6) is -0.204. The zero-order valence-corrected chi connectivity index (χ0v) is 16.1. The van der Waals surface area contributed by atoms with Gasteiger partial charge in [0.15, 0.2) is 0 Å². The van der Waals surface area contributed by atoms with Crippen LogP contribution < -0.4 is 5.63 Å². The molecule has 30 heavy (non-hydrogen) atoms. The summed E-state index contributed by atoms with van der Waals surface area (Å²) in [6, 6.07) is 27.6. The highest BCUT2D eigenvalue weighted by molar-refractivity contribution is 6.06. The maximum atomic E-state index is 13.2. The van der Waals surface area contributed by atoms with Crippen LogP contribution in [-0.4, -0.2) is 16.6 Å². The SMILES string of the molecule is O=C(c1ccccc1)N1N=C(c2cc3ccccc3oc2=O)CC1c1ccccc1. The van der Waals surface area contributed by atoms with Crippen molar-refractivity contribution in [2.24, 2.45) is 5.10 Å². The smallest absolute Gasteiger partial charge is 0.345 e. The highest BCUT2D eigenvalue weighted by Gasteiger charge is 2.34. The van der Waals surface area contributed by atoms with E-state index in [2.05, 4.69) is 5.10 Å². The average Bonchev–Trinajstić information content (AvgIpc) is 3.24. The van der Waals surface area contributed by atoms with Crippen molar-refractivity contribution in [2.45, 2.75) is 12.5 Å². The lowest BCUT2D eigenvalue weighted by molar-refractivity contribution is 0.0711. The molecule has 1 atom stereocenters. The number of fused-ring (bicyclic) bond motifs is 1. The van der Waals surface area contributed by atoms with Crippen molar-refractivity contribution in [3.8, 4) is 0 Å². The number of para-hydroxylation sites is 1. The summed E-state index contributed by atoms with van der Waals surface area (Å²) < 4.78 is 5.49. The number of hydrazone groups is 1. The first-order valence-corrected chi connectivity index (χ1v) is 9.75. The first-order valence-electron chi connectivity index (χ1n) is 9.75. The van der Waals surface area contributed by atoms with Gasteiger partial charge in [-0.05, 0) is 29.8 Å². The van der Waals surface area contributed by atoms with E-state index in [9.17, 15) is 9.59 Å². The molecule has 0 radical (unpaired) electrons. The lowest BCUT2D eigenvalue weighted by Crippen LogP contribution is -2.27. The molecule has 5 nitrogen and oxygen atoms in total. The molecule has 1 amide bonds. The molecule has 0 saturated heterocycles. The Balaban J connectivity index is 1.60. The van der Waals surface area contributed by atoms with Gasteiger partial charge in [0.25, 0.3) is 5.91 Å². The average molecular weight is 394 g/mol. The second-order valence-corrected chi connectivity index (χ2v) is 7.18. The fourth-order valence-electron chi connectivity index (χ4n) is 3.77. The van der Waals surface area contributed by atoms with Crippen LogP contribution >= 0.6 is 0 Å². The molecule has 5 rings (SSSR count). The van der Waals surface area contributed by atoms with Gasteiger partial charge in [-0.25, -0.2) is 9.80 Å². The van der Waals surface area contributed by atoms with Gasteiger partial charge in [0.05, 0.1) is 17.3 Å². The number of amides is 1. The molecule has 4 aromatic rings. The van der Waals surface area contributed by atoms with Crippen LogP contribution in [0.2, 0.25) is 0 Å². The zero-order chi connectivity index (χ0) is 20.5. The summed E-state index contributed by atoms with van der Waals surface area (Å²) in [4.78, 5) is 25.9. The Bertz CT molecular complexity index is 1310. The third-order valence-corrected chi connectivity index (χ3v) is 5.28. The van der Waals surface area contributed by atoms with Crippen LogP contribution in [0.5, 0.6) is 0 Å². The van der Waals surface area contributed by atoms with Crippen LogP contribution in [-0.2, 0) is 0 Å². The molecule has 0 spiro atoms. The number of nitrogens with zero attached hydrogens (tertiary/aromatic N) is 2. The second kappa shape index (κ2) is 7.44. The molecule has 0 aliphatic carbocycles. The van der Waals surface area contributed by atoms with E-state index in [1.54, 1.807) is 24.3 Å². The minimum atomic E-state index is -0.451. The molecule has 146 valence electrons. The van der Waals surface area contributed by atoms with Crippen molar-refractivity contribution in [3.63, 3.8) is 0 Å². The molecule has 0 fully saturated rings. The summed E-state index contributed by atoms with van der Waals surface area (Å²) in [5, 5.41) is 6.90. The standard InChI is InChI=1S/C25H18N2O3/c28-24(18-11-5-2-6-12-18)27-22(17-9-3-1-4-10-17)16-21(26-27)20-15-19-13-7-8-14-23(19)30-25(20)29/h1-15,22H,16H2. The molecular formula is C25H18N2O3. The van der Waals surface area contributed by atoms with E-state index in [-0.39, 0.29) is 11.9 Å². The second-order valence-electron chi connectivity index (χ2n) is 7.18. The third kappa shape index (κ3) is 3.20. The fraction of sp³-hybridized carbons (Fsp3) is 0.0800. The molecule has 0 saturated carbocycles. The van der Waals surface area contributed by atoms with Crippen molar-refractivity contribution in [2.75, 3.05) is 0 Å². The monoisotopic (exact) mass is 394 g/mol. The van der Waals surface area contributed by atoms with Crippen LogP contribution in [0, 0.1) is 0 Å². The molecular weight excluding hydrogens is 376 g/mol. The largest absolute Gasteiger partial charge is 0.422 e. The van der Waals surface area contributed by atoms with Gasteiger partial charge in [-0.2, -0.15) is 5.10 Å². The minimum absolute atomic E-state index is 0.204. The van der Waals surface area contributed by atoms with E-state index in [4.69, 9.17) is 4.42 Å². The van der Waals surface area contributed by atoms with Gasteiger partial charge in [0.2, 0.25) is 0 Å². The number of carbonyl (C=O) groups is 1.